The molecule has 0 radical (unpaired) electrons. The Kier molecular flexibility index (Phi) is 5.84. The van der Waals surface area contributed by atoms with Crippen LogP contribution in [0.4, 0.5) is 0 Å². The highest BCUT2D eigenvalue weighted by Crippen LogP contribution is 2.17. The quantitative estimate of drug-likeness (QED) is 0.846. The second kappa shape index (κ2) is 7.86. The van der Waals surface area contributed by atoms with Crippen LogP contribution in [0.3, 0.4) is 0 Å². The van der Waals surface area contributed by atoms with Crippen LogP contribution in [0.15, 0.2) is 16.5 Å². The molecule has 0 bridgehead atoms. The molecule has 2 amide bonds. The summed E-state index contributed by atoms with van der Waals surface area (Å²) in [6, 6.07) is 4.00. The number of hydrogen-bond donors (Lipinski definition) is 2. The van der Waals surface area contributed by atoms with Gasteiger partial charge in [-0.25, -0.2) is 0 Å². The third-order valence-electron chi connectivity index (χ3n) is 3.81. The van der Waals surface area contributed by atoms with Crippen molar-refractivity contribution in [2.24, 2.45) is 0 Å². The lowest BCUT2D eigenvalue weighted by molar-refractivity contribution is -0.127. The minimum absolute atomic E-state index is 0.0223. The number of nitrogens with one attached hydrogen (secondary N) is 2. The minimum Gasteiger partial charge on any atom is -0.465 e. The first-order valence-electron chi connectivity index (χ1n) is 7.75. The standard InChI is InChI=1S/C16H24N2O3/c1-12-7-8-14(21-12)11-17-15(19)9-10-16(20)18-13-5-3-2-4-6-13/h7-8,13H,2-6,9-11H2,1H3,(H,17,19)(H,18,20). The predicted octanol–water partition coefficient (Wildman–Crippen LogP) is 2.43. The van der Waals surface area contributed by atoms with Crippen LogP contribution < -0.4 is 10.6 Å². The first kappa shape index (κ1) is 15.6. The van der Waals surface area contributed by atoms with Crippen molar-refractivity contribution in [3.05, 3.63) is 23.7 Å². The zero-order valence-electron chi connectivity index (χ0n) is 12.6. The van der Waals surface area contributed by atoms with Gasteiger partial charge in [-0.1, -0.05) is 19.3 Å². The number of carbonyl (C=O) groups is 2. The van der Waals surface area contributed by atoms with Crippen LogP contribution in [-0.4, -0.2) is 17.9 Å². The second-order valence-corrected chi connectivity index (χ2v) is 5.69. The van der Waals surface area contributed by atoms with Crippen LogP contribution in [0.5, 0.6) is 0 Å². The molecule has 2 N–H and O–H groups in total. The molecular formula is C16H24N2O3. The van der Waals surface area contributed by atoms with Crippen molar-refractivity contribution in [1.29, 1.82) is 0 Å². The average molecular weight is 292 g/mol. The Hall–Kier alpha value is -1.78. The lowest BCUT2D eigenvalue weighted by Crippen LogP contribution is -2.36. The van der Waals surface area contributed by atoms with E-state index in [0.29, 0.717) is 12.6 Å². The van der Waals surface area contributed by atoms with Gasteiger partial charge in [0, 0.05) is 18.9 Å². The van der Waals surface area contributed by atoms with Gasteiger partial charge in [-0.3, -0.25) is 9.59 Å². The van der Waals surface area contributed by atoms with Crippen LogP contribution in [-0.2, 0) is 16.1 Å². The summed E-state index contributed by atoms with van der Waals surface area (Å²) in [5.41, 5.74) is 0. The topological polar surface area (TPSA) is 71.3 Å². The van der Waals surface area contributed by atoms with Gasteiger partial charge in [0.2, 0.25) is 11.8 Å². The predicted molar refractivity (Wildman–Crippen MR) is 79.5 cm³/mol. The summed E-state index contributed by atoms with van der Waals surface area (Å²) in [4.78, 5) is 23.5. The van der Waals surface area contributed by atoms with Crippen molar-refractivity contribution in [2.45, 2.75) is 64.5 Å². The molecule has 0 aliphatic heterocycles. The molecule has 5 heteroatoms. The third-order valence-corrected chi connectivity index (χ3v) is 3.81. The van der Waals surface area contributed by atoms with Gasteiger partial charge in [0.1, 0.15) is 11.5 Å². The van der Waals surface area contributed by atoms with E-state index < -0.39 is 0 Å². The molecule has 1 aliphatic rings. The monoisotopic (exact) mass is 292 g/mol. The molecule has 0 unspecified atom stereocenters. The molecule has 1 heterocycles. The Bertz CT molecular complexity index is 476. The zero-order chi connectivity index (χ0) is 15.1. The van der Waals surface area contributed by atoms with E-state index in [1.54, 1.807) is 0 Å². The van der Waals surface area contributed by atoms with Crippen molar-refractivity contribution in [2.75, 3.05) is 0 Å². The Balaban J connectivity index is 1.60. The maximum absolute atomic E-state index is 11.8. The summed E-state index contributed by atoms with van der Waals surface area (Å²) in [6.45, 7) is 2.23. The van der Waals surface area contributed by atoms with Crippen LogP contribution in [0, 0.1) is 6.92 Å². The number of amides is 2. The highest BCUT2D eigenvalue weighted by molar-refractivity contribution is 5.83. The largest absolute Gasteiger partial charge is 0.465 e. The molecule has 0 aromatic carbocycles. The molecule has 21 heavy (non-hydrogen) atoms. The molecule has 0 atom stereocenters. The lowest BCUT2D eigenvalue weighted by atomic mass is 9.95. The molecular weight excluding hydrogens is 268 g/mol. The summed E-state index contributed by atoms with van der Waals surface area (Å²) in [5, 5.41) is 5.77. The fourth-order valence-electron chi connectivity index (χ4n) is 2.63. The van der Waals surface area contributed by atoms with Gasteiger partial charge < -0.3 is 15.1 Å². The van der Waals surface area contributed by atoms with E-state index in [-0.39, 0.29) is 24.7 Å². The first-order valence-corrected chi connectivity index (χ1v) is 7.75. The molecule has 116 valence electrons. The summed E-state index contributed by atoms with van der Waals surface area (Å²) in [7, 11) is 0. The molecule has 1 aliphatic carbocycles. The van der Waals surface area contributed by atoms with E-state index in [4.69, 9.17) is 4.42 Å². The van der Waals surface area contributed by atoms with Gasteiger partial charge >= 0.3 is 0 Å². The van der Waals surface area contributed by atoms with Crippen molar-refractivity contribution < 1.29 is 14.0 Å². The van der Waals surface area contributed by atoms with Gasteiger partial charge in [0.25, 0.3) is 0 Å². The molecule has 1 saturated carbocycles. The number of carbonyl (C=O) groups excluding carboxylic acids is 2. The molecule has 1 aromatic rings. The molecule has 1 aromatic heterocycles. The van der Waals surface area contributed by atoms with Crippen molar-refractivity contribution >= 4 is 11.8 Å². The van der Waals surface area contributed by atoms with E-state index in [0.717, 1.165) is 24.4 Å². The van der Waals surface area contributed by atoms with Gasteiger partial charge in [-0.15, -0.1) is 0 Å². The molecule has 2 rings (SSSR count). The first-order chi connectivity index (χ1) is 10.1. The maximum Gasteiger partial charge on any atom is 0.220 e. The van der Waals surface area contributed by atoms with E-state index in [1.165, 1.54) is 19.3 Å². The second-order valence-electron chi connectivity index (χ2n) is 5.69. The lowest BCUT2D eigenvalue weighted by Gasteiger charge is -2.22. The highest BCUT2D eigenvalue weighted by atomic mass is 16.3. The van der Waals surface area contributed by atoms with E-state index in [2.05, 4.69) is 10.6 Å². The van der Waals surface area contributed by atoms with Crippen molar-refractivity contribution in [3.63, 3.8) is 0 Å². The van der Waals surface area contributed by atoms with E-state index >= 15 is 0 Å². The number of hydrogen-bond acceptors (Lipinski definition) is 3. The Morgan fingerprint density at radius 3 is 2.52 bits per heavy atom. The summed E-state index contributed by atoms with van der Waals surface area (Å²) in [6.07, 6.45) is 6.24. The van der Waals surface area contributed by atoms with E-state index in [9.17, 15) is 9.59 Å². The Labute approximate surface area is 125 Å². The summed E-state index contributed by atoms with van der Waals surface area (Å²) < 4.78 is 5.37. The summed E-state index contributed by atoms with van der Waals surface area (Å²) in [5.74, 6) is 1.41. The molecule has 0 spiro atoms. The van der Waals surface area contributed by atoms with Crippen LogP contribution in [0.2, 0.25) is 0 Å². The number of rotatable bonds is 6. The fraction of sp³-hybridized carbons (Fsp3) is 0.625. The maximum atomic E-state index is 11.8. The summed E-state index contributed by atoms with van der Waals surface area (Å²) >= 11 is 0. The van der Waals surface area contributed by atoms with Gasteiger partial charge in [-0.2, -0.15) is 0 Å². The molecule has 5 nitrogen and oxygen atoms in total. The van der Waals surface area contributed by atoms with Crippen LogP contribution in [0.25, 0.3) is 0 Å². The Morgan fingerprint density at radius 1 is 1.14 bits per heavy atom. The molecule has 1 fully saturated rings. The van der Waals surface area contributed by atoms with Crippen molar-refractivity contribution in [1.82, 2.24) is 10.6 Å². The number of aryl methyl sites for hydroxylation is 1. The fourth-order valence-corrected chi connectivity index (χ4v) is 2.63. The highest BCUT2D eigenvalue weighted by Gasteiger charge is 2.16. The van der Waals surface area contributed by atoms with Gasteiger partial charge in [0.15, 0.2) is 0 Å². The van der Waals surface area contributed by atoms with E-state index in [1.807, 2.05) is 19.1 Å². The minimum atomic E-state index is -0.122. The SMILES string of the molecule is Cc1ccc(CNC(=O)CCC(=O)NC2CCCCC2)o1. The Morgan fingerprint density at radius 2 is 1.86 bits per heavy atom. The van der Waals surface area contributed by atoms with Crippen LogP contribution in [0.1, 0.15) is 56.5 Å². The van der Waals surface area contributed by atoms with Gasteiger partial charge in [0.05, 0.1) is 6.54 Å². The number of furan rings is 1. The zero-order valence-corrected chi connectivity index (χ0v) is 12.6. The average Bonchev–Trinajstić information content (AvgIpc) is 2.90. The normalized spacial score (nSPS) is 15.7. The van der Waals surface area contributed by atoms with Crippen molar-refractivity contribution in [3.8, 4) is 0 Å². The van der Waals surface area contributed by atoms with Gasteiger partial charge in [-0.05, 0) is 31.9 Å². The smallest absolute Gasteiger partial charge is 0.220 e. The van der Waals surface area contributed by atoms with Crippen LogP contribution >= 0.6 is 0 Å². The third kappa shape index (κ3) is 5.61. The molecule has 0 saturated heterocycles.